The first kappa shape index (κ1) is 11.7. The van der Waals surface area contributed by atoms with Crippen LogP contribution in [0.15, 0.2) is 21.7 Å². The molecule has 0 fully saturated rings. The summed E-state index contributed by atoms with van der Waals surface area (Å²) in [5.41, 5.74) is -0.412. The summed E-state index contributed by atoms with van der Waals surface area (Å²) in [5.74, 6) is 0. The smallest absolute Gasteiger partial charge is 0.265 e. The van der Waals surface area contributed by atoms with E-state index in [1.54, 1.807) is 0 Å². The van der Waals surface area contributed by atoms with Crippen LogP contribution >= 0.6 is 0 Å². The van der Waals surface area contributed by atoms with Gasteiger partial charge in [0, 0.05) is 24.7 Å². The monoisotopic (exact) mass is 211 g/mol. The van der Waals surface area contributed by atoms with E-state index < -0.39 is 0 Å². The predicted molar refractivity (Wildman–Crippen MR) is 59.1 cm³/mol. The first-order chi connectivity index (χ1) is 7.09. The van der Waals surface area contributed by atoms with Crippen molar-refractivity contribution in [2.24, 2.45) is 0 Å². The van der Waals surface area contributed by atoms with E-state index in [-0.39, 0.29) is 11.1 Å². The molecule has 1 rings (SSSR count). The highest BCUT2D eigenvalue weighted by molar-refractivity contribution is 4.85. The third-order valence-electron chi connectivity index (χ3n) is 2.00. The zero-order valence-corrected chi connectivity index (χ0v) is 9.12. The lowest BCUT2D eigenvalue weighted by Crippen LogP contribution is -2.30. The SMILES string of the molecule is CC(C)NCCCn1[nH]c(=O)ccc1=O. The van der Waals surface area contributed by atoms with E-state index >= 15 is 0 Å². The summed E-state index contributed by atoms with van der Waals surface area (Å²) >= 11 is 0. The number of nitrogens with one attached hydrogen (secondary N) is 2. The standard InChI is InChI=1S/C10H17N3O2/c1-8(2)11-6-3-7-13-10(15)5-4-9(14)12-13/h4-5,8,11H,3,6-7H2,1-2H3,(H,12,14). The number of aromatic nitrogens is 2. The Morgan fingerprint density at radius 1 is 1.40 bits per heavy atom. The maximum atomic E-state index is 11.3. The summed E-state index contributed by atoms with van der Waals surface area (Å²) in [6.07, 6.45) is 0.818. The van der Waals surface area contributed by atoms with Crippen LogP contribution < -0.4 is 16.4 Å². The zero-order chi connectivity index (χ0) is 11.3. The van der Waals surface area contributed by atoms with Crippen molar-refractivity contribution in [3.05, 3.63) is 32.8 Å². The van der Waals surface area contributed by atoms with Crippen LogP contribution in [0.5, 0.6) is 0 Å². The minimum atomic E-state index is -0.244. The Labute approximate surface area is 88.1 Å². The summed E-state index contributed by atoms with van der Waals surface area (Å²) in [7, 11) is 0. The molecule has 84 valence electrons. The molecule has 15 heavy (non-hydrogen) atoms. The van der Waals surface area contributed by atoms with Gasteiger partial charge in [0.2, 0.25) is 0 Å². The van der Waals surface area contributed by atoms with Gasteiger partial charge in [0.25, 0.3) is 11.1 Å². The topological polar surface area (TPSA) is 66.9 Å². The average molecular weight is 211 g/mol. The fourth-order valence-corrected chi connectivity index (χ4v) is 1.26. The molecule has 0 aromatic carbocycles. The van der Waals surface area contributed by atoms with Crippen molar-refractivity contribution in [2.75, 3.05) is 6.54 Å². The van der Waals surface area contributed by atoms with E-state index in [4.69, 9.17) is 0 Å². The van der Waals surface area contributed by atoms with Crippen molar-refractivity contribution in [2.45, 2.75) is 32.9 Å². The van der Waals surface area contributed by atoms with Crippen molar-refractivity contribution in [1.29, 1.82) is 0 Å². The molecule has 0 aliphatic carbocycles. The average Bonchev–Trinajstić information content (AvgIpc) is 2.17. The first-order valence-electron chi connectivity index (χ1n) is 5.13. The van der Waals surface area contributed by atoms with Crippen LogP contribution in [0.2, 0.25) is 0 Å². The molecule has 0 aliphatic heterocycles. The van der Waals surface area contributed by atoms with E-state index in [1.165, 1.54) is 16.8 Å². The van der Waals surface area contributed by atoms with Crippen molar-refractivity contribution in [3.8, 4) is 0 Å². The Morgan fingerprint density at radius 3 is 2.80 bits per heavy atom. The molecular formula is C10H17N3O2. The first-order valence-corrected chi connectivity index (χ1v) is 5.13. The van der Waals surface area contributed by atoms with Gasteiger partial charge in [-0.25, -0.2) is 0 Å². The highest BCUT2D eigenvalue weighted by atomic mass is 16.1. The maximum absolute atomic E-state index is 11.3. The molecule has 0 unspecified atom stereocenters. The molecule has 0 saturated carbocycles. The predicted octanol–water partition coefficient (Wildman–Crippen LogP) is -0.0753. The largest absolute Gasteiger partial charge is 0.314 e. The van der Waals surface area contributed by atoms with Crippen LogP contribution in [-0.2, 0) is 6.54 Å². The van der Waals surface area contributed by atoms with Gasteiger partial charge in [-0.2, -0.15) is 0 Å². The van der Waals surface area contributed by atoms with Gasteiger partial charge < -0.3 is 5.32 Å². The van der Waals surface area contributed by atoms with E-state index in [9.17, 15) is 9.59 Å². The van der Waals surface area contributed by atoms with Crippen molar-refractivity contribution in [1.82, 2.24) is 15.1 Å². The Kier molecular flexibility index (Phi) is 4.30. The molecule has 0 aliphatic rings. The van der Waals surface area contributed by atoms with Crippen molar-refractivity contribution in [3.63, 3.8) is 0 Å². The van der Waals surface area contributed by atoms with E-state index in [2.05, 4.69) is 24.3 Å². The molecule has 1 heterocycles. The van der Waals surface area contributed by atoms with Gasteiger partial charge in [0.15, 0.2) is 0 Å². The Balaban J connectivity index is 2.47. The van der Waals surface area contributed by atoms with Crippen LogP contribution in [0, 0.1) is 0 Å². The lowest BCUT2D eigenvalue weighted by molar-refractivity contribution is 0.496. The molecule has 1 aromatic heterocycles. The highest BCUT2D eigenvalue weighted by Crippen LogP contribution is 1.83. The fraction of sp³-hybridized carbons (Fsp3) is 0.600. The number of hydrogen-bond donors (Lipinski definition) is 2. The zero-order valence-electron chi connectivity index (χ0n) is 9.12. The lowest BCUT2D eigenvalue weighted by atomic mass is 10.3. The fourth-order valence-electron chi connectivity index (χ4n) is 1.26. The Morgan fingerprint density at radius 2 is 2.13 bits per heavy atom. The van der Waals surface area contributed by atoms with Gasteiger partial charge >= 0.3 is 0 Å². The van der Waals surface area contributed by atoms with Crippen LogP contribution in [0.25, 0.3) is 0 Å². The number of aryl methyl sites for hydroxylation is 1. The third kappa shape index (κ3) is 4.12. The maximum Gasteiger partial charge on any atom is 0.265 e. The van der Waals surface area contributed by atoms with Gasteiger partial charge in [-0.1, -0.05) is 13.8 Å². The molecule has 0 radical (unpaired) electrons. The quantitative estimate of drug-likeness (QED) is 0.670. The van der Waals surface area contributed by atoms with Crippen molar-refractivity contribution < 1.29 is 0 Å². The molecular weight excluding hydrogens is 194 g/mol. The summed E-state index contributed by atoms with van der Waals surface area (Å²) in [4.78, 5) is 22.2. The molecule has 0 bridgehead atoms. The second kappa shape index (κ2) is 5.50. The number of aromatic amines is 1. The molecule has 5 nitrogen and oxygen atoms in total. The Bertz CT molecular complexity index is 406. The third-order valence-corrected chi connectivity index (χ3v) is 2.00. The number of H-pyrrole nitrogens is 1. The van der Waals surface area contributed by atoms with Gasteiger partial charge in [0.1, 0.15) is 0 Å². The number of hydrogen-bond acceptors (Lipinski definition) is 3. The molecule has 1 aromatic rings. The Hall–Kier alpha value is -1.36. The molecule has 0 spiro atoms. The normalized spacial score (nSPS) is 10.9. The van der Waals surface area contributed by atoms with Crippen LogP contribution in [0.3, 0.4) is 0 Å². The number of nitrogens with zero attached hydrogens (tertiary/aromatic N) is 1. The van der Waals surface area contributed by atoms with Gasteiger partial charge in [-0.3, -0.25) is 19.4 Å². The summed E-state index contributed by atoms with van der Waals surface area (Å²) in [6, 6.07) is 2.97. The molecule has 0 atom stereocenters. The molecule has 0 saturated heterocycles. The van der Waals surface area contributed by atoms with Crippen LogP contribution in [-0.4, -0.2) is 22.4 Å². The van der Waals surface area contributed by atoms with E-state index in [1.807, 2.05) is 0 Å². The summed E-state index contributed by atoms with van der Waals surface area (Å²) in [5, 5.41) is 5.73. The van der Waals surface area contributed by atoms with Crippen LogP contribution in [0.1, 0.15) is 20.3 Å². The lowest BCUT2D eigenvalue weighted by Gasteiger charge is -2.08. The second-order valence-electron chi connectivity index (χ2n) is 3.76. The number of rotatable bonds is 5. The van der Waals surface area contributed by atoms with Gasteiger partial charge in [-0.05, 0) is 13.0 Å². The van der Waals surface area contributed by atoms with Crippen molar-refractivity contribution >= 4 is 0 Å². The minimum absolute atomic E-state index is 0.167. The van der Waals surface area contributed by atoms with Gasteiger partial charge in [-0.15, -0.1) is 0 Å². The highest BCUT2D eigenvalue weighted by Gasteiger charge is 1.96. The van der Waals surface area contributed by atoms with E-state index in [0.717, 1.165) is 13.0 Å². The second-order valence-corrected chi connectivity index (χ2v) is 3.76. The van der Waals surface area contributed by atoms with E-state index in [0.29, 0.717) is 12.6 Å². The minimum Gasteiger partial charge on any atom is -0.314 e. The molecule has 0 amide bonds. The van der Waals surface area contributed by atoms with Gasteiger partial charge in [0.05, 0.1) is 0 Å². The van der Waals surface area contributed by atoms with Crippen LogP contribution in [0.4, 0.5) is 0 Å². The molecule has 5 heteroatoms. The molecule has 2 N–H and O–H groups in total. The summed E-state index contributed by atoms with van der Waals surface area (Å²) < 4.78 is 1.34. The summed E-state index contributed by atoms with van der Waals surface area (Å²) in [6.45, 7) is 5.50.